The molecule has 0 bridgehead atoms. The van der Waals surface area contributed by atoms with Crippen molar-refractivity contribution in [3.8, 4) is 11.1 Å². The van der Waals surface area contributed by atoms with Crippen molar-refractivity contribution in [3.63, 3.8) is 0 Å². The van der Waals surface area contributed by atoms with E-state index >= 15 is 0 Å². The van der Waals surface area contributed by atoms with Gasteiger partial charge in [0.1, 0.15) is 0 Å². The summed E-state index contributed by atoms with van der Waals surface area (Å²) in [6.07, 6.45) is 0.758. The topological polar surface area (TPSA) is 43.1 Å². The smallest absolute Gasteiger partial charge is 0.258 e. The fourth-order valence-electron chi connectivity index (χ4n) is 2.28. The molecule has 1 aliphatic carbocycles. The Hall–Kier alpha value is -1.68. The van der Waals surface area contributed by atoms with E-state index in [2.05, 4.69) is 22.0 Å². The van der Waals surface area contributed by atoms with Gasteiger partial charge in [0.2, 0.25) is 0 Å². The monoisotopic (exact) mass is 289 g/mol. The Morgan fingerprint density at radius 3 is 2.76 bits per heavy atom. The second-order valence-electron chi connectivity index (χ2n) is 4.04. The molecule has 0 heterocycles. The molecule has 0 N–H and O–H groups in total. The minimum absolute atomic E-state index is 0.160. The fourth-order valence-corrected chi connectivity index (χ4v) is 2.79. The second-order valence-corrected chi connectivity index (χ2v) is 4.90. The third-order valence-corrected chi connectivity index (χ3v) is 3.82. The maximum Gasteiger partial charge on any atom is 0.269 e. The number of halogens is 1. The second kappa shape index (κ2) is 3.67. The van der Waals surface area contributed by atoms with E-state index in [4.69, 9.17) is 0 Å². The summed E-state index contributed by atoms with van der Waals surface area (Å²) in [5.74, 6) is 0. The summed E-state index contributed by atoms with van der Waals surface area (Å²) in [7, 11) is 0. The highest BCUT2D eigenvalue weighted by molar-refractivity contribution is 9.10. The van der Waals surface area contributed by atoms with Gasteiger partial charge in [-0.3, -0.25) is 10.1 Å². The van der Waals surface area contributed by atoms with Gasteiger partial charge in [0, 0.05) is 23.0 Å². The molecule has 1 aliphatic rings. The highest BCUT2D eigenvalue weighted by atomic mass is 79.9. The molecule has 0 saturated heterocycles. The van der Waals surface area contributed by atoms with E-state index in [1.54, 1.807) is 12.1 Å². The molecule has 3 rings (SSSR count). The Morgan fingerprint density at radius 1 is 1.18 bits per heavy atom. The van der Waals surface area contributed by atoms with Crippen LogP contribution in [0.15, 0.2) is 40.9 Å². The lowest BCUT2D eigenvalue weighted by Gasteiger charge is -2.01. The first kappa shape index (κ1) is 10.5. The number of hydrogen-bond donors (Lipinski definition) is 0. The van der Waals surface area contributed by atoms with Crippen LogP contribution in [0.5, 0.6) is 0 Å². The maximum atomic E-state index is 10.7. The molecule has 3 nitrogen and oxygen atoms in total. The van der Waals surface area contributed by atoms with Gasteiger partial charge in [-0.25, -0.2) is 0 Å². The van der Waals surface area contributed by atoms with Gasteiger partial charge in [-0.1, -0.05) is 28.1 Å². The molecule has 0 atom stereocenters. The van der Waals surface area contributed by atoms with E-state index in [1.165, 1.54) is 11.1 Å². The van der Waals surface area contributed by atoms with Gasteiger partial charge in [-0.2, -0.15) is 0 Å². The van der Waals surface area contributed by atoms with Crippen molar-refractivity contribution < 1.29 is 4.92 Å². The molecule has 2 aromatic rings. The first-order valence-electron chi connectivity index (χ1n) is 5.22. The van der Waals surface area contributed by atoms with E-state index in [9.17, 15) is 10.1 Å². The van der Waals surface area contributed by atoms with Gasteiger partial charge in [0.05, 0.1) is 4.92 Å². The average Bonchev–Trinajstić information content (AvgIpc) is 2.68. The molecule has 0 spiro atoms. The summed E-state index contributed by atoms with van der Waals surface area (Å²) in [4.78, 5) is 10.4. The zero-order valence-electron chi connectivity index (χ0n) is 8.81. The van der Waals surface area contributed by atoms with E-state index < -0.39 is 0 Å². The molecule has 0 fully saturated rings. The predicted molar refractivity (Wildman–Crippen MR) is 69.0 cm³/mol. The van der Waals surface area contributed by atoms with E-state index in [0.29, 0.717) is 0 Å². The van der Waals surface area contributed by atoms with Crippen LogP contribution < -0.4 is 0 Å². The number of nitro benzene ring substituents is 1. The van der Waals surface area contributed by atoms with Crippen molar-refractivity contribution in [1.82, 2.24) is 0 Å². The number of hydrogen-bond acceptors (Lipinski definition) is 2. The first-order valence-corrected chi connectivity index (χ1v) is 6.01. The zero-order valence-corrected chi connectivity index (χ0v) is 10.4. The Labute approximate surface area is 106 Å². The summed E-state index contributed by atoms with van der Waals surface area (Å²) in [5.41, 5.74) is 4.67. The highest BCUT2D eigenvalue weighted by Gasteiger charge is 2.22. The van der Waals surface area contributed by atoms with Gasteiger partial charge in [-0.05, 0) is 34.4 Å². The molecule has 0 saturated carbocycles. The molecule has 0 aromatic heterocycles. The average molecular weight is 290 g/mol. The summed E-state index contributed by atoms with van der Waals surface area (Å²) in [5, 5.41) is 10.7. The molecule has 2 aromatic carbocycles. The number of non-ortho nitro benzene ring substituents is 1. The van der Waals surface area contributed by atoms with Gasteiger partial charge in [-0.15, -0.1) is 0 Å². The van der Waals surface area contributed by atoms with Crippen molar-refractivity contribution in [1.29, 1.82) is 0 Å². The van der Waals surface area contributed by atoms with Crippen molar-refractivity contribution >= 4 is 21.6 Å². The minimum atomic E-state index is -0.349. The lowest BCUT2D eigenvalue weighted by Crippen LogP contribution is -1.89. The van der Waals surface area contributed by atoms with Crippen LogP contribution in [0, 0.1) is 10.1 Å². The Balaban J connectivity index is 2.19. The Bertz CT molecular complexity index is 637. The Kier molecular flexibility index (Phi) is 2.26. The minimum Gasteiger partial charge on any atom is -0.258 e. The van der Waals surface area contributed by atoms with Crippen LogP contribution in [-0.2, 0) is 6.42 Å². The van der Waals surface area contributed by atoms with Crippen molar-refractivity contribution in [2.45, 2.75) is 6.42 Å². The summed E-state index contributed by atoms with van der Waals surface area (Å²) in [6.45, 7) is 0. The third-order valence-electron chi connectivity index (χ3n) is 3.08. The number of rotatable bonds is 1. The molecule has 4 heteroatoms. The summed E-state index contributed by atoms with van der Waals surface area (Å²) in [6, 6.07) is 11.1. The molecule has 0 radical (unpaired) electrons. The SMILES string of the molecule is O=[N+]([O-])c1ccc2c(c1)Cc1c(Br)cccc1-2. The quantitative estimate of drug-likeness (QED) is 0.503. The normalized spacial score (nSPS) is 12.1. The van der Waals surface area contributed by atoms with Crippen LogP contribution in [0.1, 0.15) is 11.1 Å². The van der Waals surface area contributed by atoms with Crippen LogP contribution in [0.2, 0.25) is 0 Å². The summed E-state index contributed by atoms with van der Waals surface area (Å²) >= 11 is 3.52. The van der Waals surface area contributed by atoms with E-state index in [1.807, 2.05) is 18.2 Å². The standard InChI is InChI=1S/C13H8BrNO2/c14-13-3-1-2-11-10-5-4-9(15(16)17)6-8(10)7-12(11)13/h1-6H,7H2. The number of benzene rings is 2. The number of fused-ring (bicyclic) bond motifs is 3. The van der Waals surface area contributed by atoms with Crippen molar-refractivity contribution in [3.05, 3.63) is 62.1 Å². The lowest BCUT2D eigenvalue weighted by atomic mass is 10.1. The first-order chi connectivity index (χ1) is 8.16. The molecular formula is C13H8BrNO2. The predicted octanol–water partition coefficient (Wildman–Crippen LogP) is 3.93. The van der Waals surface area contributed by atoms with Gasteiger partial charge < -0.3 is 0 Å². The van der Waals surface area contributed by atoms with Crippen LogP contribution in [-0.4, -0.2) is 4.92 Å². The van der Waals surface area contributed by atoms with E-state index in [-0.39, 0.29) is 10.6 Å². The van der Waals surface area contributed by atoms with Crippen molar-refractivity contribution in [2.75, 3.05) is 0 Å². The van der Waals surface area contributed by atoms with Crippen LogP contribution in [0.3, 0.4) is 0 Å². The molecule has 0 amide bonds. The van der Waals surface area contributed by atoms with Crippen molar-refractivity contribution in [2.24, 2.45) is 0 Å². The maximum absolute atomic E-state index is 10.7. The summed E-state index contributed by atoms with van der Waals surface area (Å²) < 4.78 is 1.06. The molecule has 17 heavy (non-hydrogen) atoms. The largest absolute Gasteiger partial charge is 0.269 e. The third kappa shape index (κ3) is 1.56. The van der Waals surface area contributed by atoms with Crippen LogP contribution in [0.4, 0.5) is 5.69 Å². The van der Waals surface area contributed by atoms with Crippen LogP contribution >= 0.6 is 15.9 Å². The van der Waals surface area contributed by atoms with Crippen LogP contribution in [0.25, 0.3) is 11.1 Å². The zero-order chi connectivity index (χ0) is 12.0. The Morgan fingerprint density at radius 2 is 2.00 bits per heavy atom. The number of nitro groups is 1. The van der Waals surface area contributed by atoms with Gasteiger partial charge >= 0.3 is 0 Å². The van der Waals surface area contributed by atoms with E-state index in [0.717, 1.165) is 22.0 Å². The fraction of sp³-hybridized carbons (Fsp3) is 0.0769. The van der Waals surface area contributed by atoms with Gasteiger partial charge in [0.25, 0.3) is 5.69 Å². The number of nitrogens with zero attached hydrogens (tertiary/aromatic N) is 1. The molecular weight excluding hydrogens is 282 g/mol. The van der Waals surface area contributed by atoms with Gasteiger partial charge in [0.15, 0.2) is 0 Å². The molecule has 0 aliphatic heterocycles. The highest BCUT2D eigenvalue weighted by Crippen LogP contribution is 2.41. The lowest BCUT2D eigenvalue weighted by molar-refractivity contribution is -0.384. The molecule has 84 valence electrons. The molecule has 0 unspecified atom stereocenters.